The Hall–Kier alpha value is -2.30. The predicted octanol–water partition coefficient (Wildman–Crippen LogP) is 1.74. The van der Waals surface area contributed by atoms with E-state index >= 15 is 0 Å². The number of rotatable bonds is 3. The molecule has 5 heteroatoms. The molecule has 1 heterocycles. The van der Waals surface area contributed by atoms with Crippen LogP contribution >= 0.6 is 0 Å². The van der Waals surface area contributed by atoms with E-state index in [0.717, 1.165) is 5.56 Å². The molecule has 2 N–H and O–H groups in total. The minimum absolute atomic E-state index is 0.362. The van der Waals surface area contributed by atoms with E-state index in [1.807, 2.05) is 24.3 Å². The zero-order valence-electron chi connectivity index (χ0n) is 9.68. The maximum atomic E-state index is 5.67. The SMILES string of the molecule is COc1ccccc1-c1ncc(N)c(OC)n1. The number of aromatic nitrogens is 2. The van der Waals surface area contributed by atoms with Gasteiger partial charge in [-0.2, -0.15) is 4.98 Å². The molecule has 0 saturated heterocycles. The lowest BCUT2D eigenvalue weighted by atomic mass is 10.2. The van der Waals surface area contributed by atoms with Gasteiger partial charge >= 0.3 is 0 Å². The fourth-order valence-corrected chi connectivity index (χ4v) is 1.50. The second-order valence-electron chi connectivity index (χ2n) is 3.36. The molecule has 0 atom stereocenters. The first-order chi connectivity index (χ1) is 8.26. The lowest BCUT2D eigenvalue weighted by molar-refractivity contribution is 0.399. The number of hydrogen-bond donors (Lipinski definition) is 1. The van der Waals surface area contributed by atoms with Gasteiger partial charge in [-0.1, -0.05) is 12.1 Å². The molecule has 0 saturated carbocycles. The highest BCUT2D eigenvalue weighted by Gasteiger charge is 2.10. The van der Waals surface area contributed by atoms with Gasteiger partial charge in [-0.15, -0.1) is 0 Å². The average Bonchev–Trinajstić information content (AvgIpc) is 2.39. The Morgan fingerprint density at radius 1 is 1.12 bits per heavy atom. The number of nitrogens with zero attached hydrogens (tertiary/aromatic N) is 2. The van der Waals surface area contributed by atoms with Crippen LogP contribution in [0.15, 0.2) is 30.5 Å². The van der Waals surface area contributed by atoms with E-state index in [-0.39, 0.29) is 0 Å². The van der Waals surface area contributed by atoms with Gasteiger partial charge in [0, 0.05) is 0 Å². The number of benzene rings is 1. The van der Waals surface area contributed by atoms with Crippen LogP contribution in [0.25, 0.3) is 11.4 Å². The van der Waals surface area contributed by atoms with E-state index < -0.39 is 0 Å². The van der Waals surface area contributed by atoms with Crippen LogP contribution in [-0.4, -0.2) is 24.2 Å². The number of nitrogen functional groups attached to an aromatic ring is 1. The molecule has 1 aromatic carbocycles. The van der Waals surface area contributed by atoms with Crippen LogP contribution in [0, 0.1) is 0 Å². The van der Waals surface area contributed by atoms with E-state index in [0.29, 0.717) is 23.1 Å². The highest BCUT2D eigenvalue weighted by atomic mass is 16.5. The van der Waals surface area contributed by atoms with Gasteiger partial charge < -0.3 is 15.2 Å². The Kier molecular flexibility index (Phi) is 3.09. The summed E-state index contributed by atoms with van der Waals surface area (Å²) in [5.74, 6) is 1.59. The third-order valence-corrected chi connectivity index (χ3v) is 2.32. The van der Waals surface area contributed by atoms with Crippen LogP contribution in [0.3, 0.4) is 0 Å². The van der Waals surface area contributed by atoms with Gasteiger partial charge in [0.15, 0.2) is 5.82 Å². The van der Waals surface area contributed by atoms with Gasteiger partial charge in [-0.05, 0) is 12.1 Å². The lowest BCUT2D eigenvalue weighted by Gasteiger charge is -2.08. The largest absolute Gasteiger partial charge is 0.496 e. The molecule has 2 aromatic rings. The molecule has 88 valence electrons. The number of methoxy groups -OCH3 is 2. The Labute approximate surface area is 99.2 Å². The van der Waals surface area contributed by atoms with Crippen LogP contribution in [0.5, 0.6) is 11.6 Å². The quantitative estimate of drug-likeness (QED) is 0.871. The first-order valence-corrected chi connectivity index (χ1v) is 5.06. The molecular weight excluding hydrogens is 218 g/mol. The summed E-state index contributed by atoms with van der Waals surface area (Å²) in [6.45, 7) is 0. The van der Waals surface area contributed by atoms with Crippen LogP contribution < -0.4 is 15.2 Å². The number of hydrogen-bond acceptors (Lipinski definition) is 5. The Morgan fingerprint density at radius 2 is 1.88 bits per heavy atom. The predicted molar refractivity (Wildman–Crippen MR) is 65.0 cm³/mol. The molecular formula is C12H13N3O2. The summed E-state index contributed by atoms with van der Waals surface area (Å²) in [5.41, 5.74) is 6.88. The summed E-state index contributed by atoms with van der Waals surface area (Å²) in [5, 5.41) is 0. The van der Waals surface area contributed by atoms with Crippen molar-refractivity contribution in [2.75, 3.05) is 20.0 Å². The fourth-order valence-electron chi connectivity index (χ4n) is 1.50. The van der Waals surface area contributed by atoms with Crippen molar-refractivity contribution in [1.29, 1.82) is 0 Å². The third-order valence-electron chi connectivity index (χ3n) is 2.32. The molecule has 0 spiro atoms. The molecule has 0 fully saturated rings. The van der Waals surface area contributed by atoms with E-state index in [2.05, 4.69) is 9.97 Å². The highest BCUT2D eigenvalue weighted by molar-refractivity contribution is 5.65. The second kappa shape index (κ2) is 4.69. The molecule has 2 rings (SSSR count). The summed E-state index contributed by atoms with van der Waals surface area (Å²) >= 11 is 0. The number of ether oxygens (including phenoxy) is 2. The van der Waals surface area contributed by atoms with Crippen molar-refractivity contribution in [2.24, 2.45) is 0 Å². The lowest BCUT2D eigenvalue weighted by Crippen LogP contribution is -1.99. The Bertz CT molecular complexity index is 529. The number of nitrogens with two attached hydrogens (primary N) is 1. The molecule has 0 radical (unpaired) electrons. The van der Waals surface area contributed by atoms with Crippen LogP contribution in [0.4, 0.5) is 5.69 Å². The average molecular weight is 231 g/mol. The monoisotopic (exact) mass is 231 g/mol. The Morgan fingerprint density at radius 3 is 2.59 bits per heavy atom. The molecule has 0 aliphatic carbocycles. The smallest absolute Gasteiger partial charge is 0.240 e. The summed E-state index contributed by atoms with van der Waals surface area (Å²) in [4.78, 5) is 8.40. The van der Waals surface area contributed by atoms with Crippen molar-refractivity contribution >= 4 is 5.69 Å². The summed E-state index contributed by atoms with van der Waals surface area (Å²) < 4.78 is 10.3. The van der Waals surface area contributed by atoms with Crippen LogP contribution in [0.1, 0.15) is 0 Å². The minimum atomic E-state index is 0.362. The zero-order chi connectivity index (χ0) is 12.3. The maximum Gasteiger partial charge on any atom is 0.240 e. The molecule has 0 aliphatic heterocycles. The van der Waals surface area contributed by atoms with Gasteiger partial charge in [0.1, 0.15) is 11.4 Å². The van der Waals surface area contributed by atoms with Gasteiger partial charge in [0.2, 0.25) is 5.88 Å². The molecule has 0 aliphatic rings. The van der Waals surface area contributed by atoms with Crippen molar-refractivity contribution in [2.45, 2.75) is 0 Å². The maximum absolute atomic E-state index is 5.67. The van der Waals surface area contributed by atoms with Gasteiger partial charge in [-0.3, -0.25) is 0 Å². The fraction of sp³-hybridized carbons (Fsp3) is 0.167. The summed E-state index contributed by atoms with van der Waals surface area (Å²) in [7, 11) is 3.12. The van der Waals surface area contributed by atoms with Crippen LogP contribution in [0.2, 0.25) is 0 Å². The standard InChI is InChI=1S/C12H13N3O2/c1-16-10-6-4-3-5-8(10)11-14-7-9(13)12(15-11)17-2/h3-7H,13H2,1-2H3. The van der Waals surface area contributed by atoms with Crippen LogP contribution in [-0.2, 0) is 0 Å². The van der Waals surface area contributed by atoms with E-state index in [4.69, 9.17) is 15.2 Å². The molecule has 0 unspecified atom stereocenters. The number of anilines is 1. The zero-order valence-corrected chi connectivity index (χ0v) is 9.68. The summed E-state index contributed by atoms with van der Waals surface area (Å²) in [6.07, 6.45) is 1.52. The molecule has 0 bridgehead atoms. The Balaban J connectivity index is 2.53. The minimum Gasteiger partial charge on any atom is -0.496 e. The van der Waals surface area contributed by atoms with Crippen molar-refractivity contribution < 1.29 is 9.47 Å². The van der Waals surface area contributed by atoms with E-state index in [1.165, 1.54) is 13.3 Å². The topological polar surface area (TPSA) is 70.3 Å². The first-order valence-electron chi connectivity index (χ1n) is 5.06. The summed E-state index contributed by atoms with van der Waals surface area (Å²) in [6, 6.07) is 7.51. The van der Waals surface area contributed by atoms with Crippen molar-refractivity contribution in [3.05, 3.63) is 30.5 Å². The van der Waals surface area contributed by atoms with Gasteiger partial charge in [-0.25, -0.2) is 4.98 Å². The van der Waals surface area contributed by atoms with Gasteiger partial charge in [0.05, 0.1) is 26.0 Å². The van der Waals surface area contributed by atoms with Crippen molar-refractivity contribution in [1.82, 2.24) is 9.97 Å². The van der Waals surface area contributed by atoms with E-state index in [1.54, 1.807) is 7.11 Å². The normalized spacial score (nSPS) is 10.0. The molecule has 0 amide bonds. The first kappa shape index (κ1) is 11.2. The molecule has 1 aromatic heterocycles. The molecule has 17 heavy (non-hydrogen) atoms. The molecule has 5 nitrogen and oxygen atoms in total. The van der Waals surface area contributed by atoms with E-state index in [9.17, 15) is 0 Å². The highest BCUT2D eigenvalue weighted by Crippen LogP contribution is 2.29. The third kappa shape index (κ3) is 2.13. The second-order valence-corrected chi connectivity index (χ2v) is 3.36. The van der Waals surface area contributed by atoms with Crippen molar-refractivity contribution in [3.63, 3.8) is 0 Å². The number of para-hydroxylation sites is 1. The van der Waals surface area contributed by atoms with Crippen molar-refractivity contribution in [3.8, 4) is 23.0 Å². The van der Waals surface area contributed by atoms with Gasteiger partial charge in [0.25, 0.3) is 0 Å².